The summed E-state index contributed by atoms with van der Waals surface area (Å²) in [6.07, 6.45) is -0.833. The molecule has 2 aromatic carbocycles. The third-order valence-electron chi connectivity index (χ3n) is 3.11. The predicted molar refractivity (Wildman–Crippen MR) is 79.9 cm³/mol. The number of nitrogens with zero attached hydrogens (tertiary/aromatic N) is 1. The number of nitro benzene ring substituents is 1. The molecule has 114 valence electrons. The van der Waals surface area contributed by atoms with Gasteiger partial charge in [-0.05, 0) is 17.7 Å². The third-order valence-corrected chi connectivity index (χ3v) is 3.11. The molecule has 0 aromatic heterocycles. The van der Waals surface area contributed by atoms with Crippen LogP contribution in [0.3, 0.4) is 0 Å². The Morgan fingerprint density at radius 2 is 1.91 bits per heavy atom. The normalized spacial score (nSPS) is 11.7. The van der Waals surface area contributed by atoms with E-state index in [1.54, 1.807) is 24.3 Å². The fraction of sp³-hybridized carbons (Fsp3) is 0.133. The van der Waals surface area contributed by atoms with E-state index in [-0.39, 0.29) is 23.5 Å². The number of carbonyl (C=O) groups is 1. The molecule has 22 heavy (non-hydrogen) atoms. The van der Waals surface area contributed by atoms with Gasteiger partial charge in [-0.1, -0.05) is 30.3 Å². The topological polar surface area (TPSA) is 113 Å². The van der Waals surface area contributed by atoms with Crippen LogP contribution in [-0.4, -0.2) is 27.7 Å². The van der Waals surface area contributed by atoms with Crippen molar-refractivity contribution >= 4 is 17.3 Å². The number of nitro groups is 1. The number of carboxylic acids is 1. The van der Waals surface area contributed by atoms with Crippen LogP contribution in [0.25, 0.3) is 0 Å². The van der Waals surface area contributed by atoms with E-state index in [9.17, 15) is 20.0 Å². The van der Waals surface area contributed by atoms with Crippen molar-refractivity contribution < 1.29 is 19.9 Å². The van der Waals surface area contributed by atoms with Crippen LogP contribution >= 0.6 is 0 Å². The molecule has 0 amide bonds. The second-order valence-corrected chi connectivity index (χ2v) is 4.60. The Morgan fingerprint density at radius 3 is 2.50 bits per heavy atom. The van der Waals surface area contributed by atoms with Gasteiger partial charge >= 0.3 is 5.97 Å². The number of aromatic carboxylic acids is 1. The highest BCUT2D eigenvalue weighted by atomic mass is 16.6. The van der Waals surface area contributed by atoms with Crippen molar-refractivity contribution in [2.75, 3.05) is 11.9 Å². The first-order valence-electron chi connectivity index (χ1n) is 6.47. The van der Waals surface area contributed by atoms with Crippen molar-refractivity contribution in [2.24, 2.45) is 0 Å². The number of carboxylic acid groups (broad SMARTS) is 1. The van der Waals surface area contributed by atoms with E-state index in [4.69, 9.17) is 5.11 Å². The highest BCUT2D eigenvalue weighted by Gasteiger charge is 2.18. The van der Waals surface area contributed by atoms with Crippen LogP contribution in [0, 0.1) is 10.1 Å². The van der Waals surface area contributed by atoms with Crippen LogP contribution in [0.2, 0.25) is 0 Å². The summed E-state index contributed by atoms with van der Waals surface area (Å²) in [5.74, 6) is -1.24. The van der Waals surface area contributed by atoms with E-state index in [0.717, 1.165) is 6.07 Å². The second-order valence-electron chi connectivity index (χ2n) is 4.60. The van der Waals surface area contributed by atoms with Crippen LogP contribution in [0.4, 0.5) is 11.4 Å². The monoisotopic (exact) mass is 302 g/mol. The molecule has 1 atom stereocenters. The van der Waals surface area contributed by atoms with Crippen LogP contribution in [0.5, 0.6) is 0 Å². The van der Waals surface area contributed by atoms with Crippen LogP contribution in [-0.2, 0) is 0 Å². The van der Waals surface area contributed by atoms with Gasteiger partial charge in [-0.25, -0.2) is 4.79 Å². The maximum absolute atomic E-state index is 11.0. The molecule has 0 heterocycles. The van der Waals surface area contributed by atoms with Crippen molar-refractivity contribution in [1.82, 2.24) is 0 Å². The molecule has 0 saturated heterocycles. The minimum absolute atomic E-state index is 0.0667. The van der Waals surface area contributed by atoms with Crippen LogP contribution in [0.1, 0.15) is 22.0 Å². The Balaban J connectivity index is 2.15. The lowest BCUT2D eigenvalue weighted by molar-refractivity contribution is -0.384. The predicted octanol–water partition coefficient (Wildman–Crippen LogP) is 2.44. The van der Waals surface area contributed by atoms with Gasteiger partial charge in [-0.3, -0.25) is 10.1 Å². The summed E-state index contributed by atoms with van der Waals surface area (Å²) in [4.78, 5) is 21.2. The fourth-order valence-electron chi connectivity index (χ4n) is 1.96. The fourth-order valence-corrected chi connectivity index (χ4v) is 1.96. The molecule has 7 nitrogen and oxygen atoms in total. The minimum Gasteiger partial charge on any atom is -0.478 e. The molecule has 0 fully saturated rings. The Hall–Kier alpha value is -2.93. The summed E-state index contributed by atoms with van der Waals surface area (Å²) in [6.45, 7) is 0.0667. The molecule has 7 heteroatoms. The Morgan fingerprint density at radius 1 is 1.23 bits per heavy atom. The number of anilines is 1. The number of nitrogens with one attached hydrogen (secondary N) is 1. The quantitative estimate of drug-likeness (QED) is 0.558. The molecule has 0 radical (unpaired) electrons. The van der Waals surface area contributed by atoms with Gasteiger partial charge in [0, 0.05) is 12.6 Å². The molecule has 0 bridgehead atoms. The number of benzene rings is 2. The number of hydrogen-bond donors (Lipinski definition) is 3. The zero-order valence-corrected chi connectivity index (χ0v) is 11.5. The van der Waals surface area contributed by atoms with Crippen LogP contribution in [0.15, 0.2) is 48.5 Å². The first kappa shape index (κ1) is 15.5. The molecule has 0 spiro atoms. The molecular weight excluding hydrogens is 288 g/mol. The number of rotatable bonds is 6. The van der Waals surface area contributed by atoms with Crippen molar-refractivity contribution in [3.8, 4) is 0 Å². The lowest BCUT2D eigenvalue weighted by atomic mass is 10.1. The number of hydrogen-bond acceptors (Lipinski definition) is 5. The maximum atomic E-state index is 11.0. The Kier molecular flexibility index (Phi) is 4.70. The smallest absolute Gasteiger partial charge is 0.335 e. The minimum atomic E-state index is -1.24. The number of aliphatic hydroxyl groups is 1. The summed E-state index contributed by atoms with van der Waals surface area (Å²) in [5.41, 5.74) is 0.325. The zero-order chi connectivity index (χ0) is 16.1. The van der Waals surface area contributed by atoms with Crippen molar-refractivity contribution in [1.29, 1.82) is 0 Å². The largest absolute Gasteiger partial charge is 0.478 e. The first-order chi connectivity index (χ1) is 10.5. The lowest BCUT2D eigenvalue weighted by Crippen LogP contribution is -2.13. The SMILES string of the molecule is O=C(O)c1ccc(NCC(O)c2ccccc2)c([N+](=O)[O-])c1. The number of aliphatic hydroxyl groups excluding tert-OH is 1. The molecule has 0 aliphatic carbocycles. The molecule has 1 unspecified atom stereocenters. The Bertz CT molecular complexity index is 688. The average molecular weight is 302 g/mol. The van der Waals surface area contributed by atoms with Crippen molar-refractivity contribution in [3.63, 3.8) is 0 Å². The van der Waals surface area contributed by atoms with E-state index < -0.39 is 17.0 Å². The summed E-state index contributed by atoms with van der Waals surface area (Å²) < 4.78 is 0. The van der Waals surface area contributed by atoms with Gasteiger partial charge in [-0.15, -0.1) is 0 Å². The summed E-state index contributed by atoms with van der Waals surface area (Å²) in [6, 6.07) is 12.4. The lowest BCUT2D eigenvalue weighted by Gasteiger charge is -2.13. The van der Waals surface area contributed by atoms with Crippen LogP contribution < -0.4 is 5.32 Å². The van der Waals surface area contributed by atoms with Gasteiger partial charge in [0.25, 0.3) is 5.69 Å². The summed E-state index contributed by atoms with van der Waals surface area (Å²) in [7, 11) is 0. The average Bonchev–Trinajstić information content (AvgIpc) is 2.53. The standard InChI is InChI=1S/C15H14N2O5/c18-14(10-4-2-1-3-5-10)9-16-12-7-6-11(15(19)20)8-13(12)17(21)22/h1-8,14,16,18H,9H2,(H,19,20). The van der Waals surface area contributed by atoms with Crippen molar-refractivity contribution in [3.05, 3.63) is 69.8 Å². The summed E-state index contributed by atoms with van der Waals surface area (Å²) >= 11 is 0. The van der Waals surface area contributed by atoms with E-state index in [2.05, 4.69) is 5.32 Å². The van der Waals surface area contributed by atoms with E-state index in [1.807, 2.05) is 6.07 Å². The van der Waals surface area contributed by atoms with E-state index >= 15 is 0 Å². The first-order valence-corrected chi connectivity index (χ1v) is 6.47. The van der Waals surface area contributed by atoms with Gasteiger partial charge in [0.2, 0.25) is 0 Å². The van der Waals surface area contributed by atoms with Gasteiger partial charge < -0.3 is 15.5 Å². The van der Waals surface area contributed by atoms with Gasteiger partial charge in [-0.2, -0.15) is 0 Å². The zero-order valence-electron chi connectivity index (χ0n) is 11.5. The third kappa shape index (κ3) is 3.58. The van der Waals surface area contributed by atoms with E-state index in [0.29, 0.717) is 5.56 Å². The molecule has 2 aromatic rings. The summed E-state index contributed by atoms with van der Waals surface area (Å²) in [5, 5.41) is 32.7. The highest BCUT2D eigenvalue weighted by Crippen LogP contribution is 2.26. The van der Waals surface area contributed by atoms with Gasteiger partial charge in [0.15, 0.2) is 0 Å². The molecule has 0 saturated carbocycles. The molecule has 0 aliphatic rings. The van der Waals surface area contributed by atoms with E-state index in [1.165, 1.54) is 12.1 Å². The maximum Gasteiger partial charge on any atom is 0.335 e. The van der Waals surface area contributed by atoms with Gasteiger partial charge in [0.05, 0.1) is 16.6 Å². The second kappa shape index (κ2) is 6.68. The highest BCUT2D eigenvalue weighted by molar-refractivity contribution is 5.89. The van der Waals surface area contributed by atoms with Gasteiger partial charge in [0.1, 0.15) is 5.69 Å². The molecular formula is C15H14N2O5. The molecule has 0 aliphatic heterocycles. The molecule has 2 rings (SSSR count). The molecule has 3 N–H and O–H groups in total. The Labute approximate surface area is 126 Å². The van der Waals surface area contributed by atoms with Crippen molar-refractivity contribution in [2.45, 2.75) is 6.10 Å².